The maximum Gasteiger partial charge on any atom is 0.292 e. The molecule has 0 aliphatic carbocycles. The van der Waals surface area contributed by atoms with Crippen LogP contribution in [-0.4, -0.2) is 36.6 Å². The van der Waals surface area contributed by atoms with Crippen LogP contribution in [0.2, 0.25) is 0 Å². The summed E-state index contributed by atoms with van der Waals surface area (Å²) in [7, 11) is 0. The smallest absolute Gasteiger partial charge is 0.292 e. The molecule has 0 aromatic heterocycles. The third-order valence-electron chi connectivity index (χ3n) is 1.93. The first kappa shape index (κ1) is 9.84. The molecule has 0 saturated carbocycles. The molecule has 4 heteroatoms. The minimum Gasteiger partial charge on any atom is -0.294 e. The van der Waals surface area contributed by atoms with E-state index in [1.807, 2.05) is 13.8 Å². The zero-order valence-corrected chi connectivity index (χ0v) is 7.36. The fraction of sp³-hybridized carbons (Fsp3) is 1.00. The van der Waals surface area contributed by atoms with Crippen molar-refractivity contribution in [1.29, 1.82) is 0 Å². The molecule has 0 aromatic carbocycles. The van der Waals surface area contributed by atoms with Crippen LogP contribution in [0.5, 0.6) is 0 Å². The van der Waals surface area contributed by atoms with E-state index in [1.54, 1.807) is 0 Å². The van der Waals surface area contributed by atoms with Gasteiger partial charge in [-0.05, 0) is 5.92 Å². The Kier molecular flexibility index (Phi) is 2.66. The van der Waals surface area contributed by atoms with Gasteiger partial charge in [-0.2, -0.15) is 0 Å². The Labute approximate surface area is 70.5 Å². The largest absolute Gasteiger partial charge is 0.294 e. The third-order valence-corrected chi connectivity index (χ3v) is 1.93. The summed E-state index contributed by atoms with van der Waals surface area (Å²) >= 11 is 0. The van der Waals surface area contributed by atoms with Crippen LogP contribution in [0.15, 0.2) is 0 Å². The van der Waals surface area contributed by atoms with E-state index in [2.05, 4.69) is 0 Å². The number of nitrogens with zero attached hydrogens (tertiary/aromatic N) is 1. The van der Waals surface area contributed by atoms with Crippen molar-refractivity contribution in [3.8, 4) is 0 Å². The molecule has 72 valence electrons. The second-order valence-corrected chi connectivity index (χ2v) is 3.82. The van der Waals surface area contributed by atoms with Gasteiger partial charge < -0.3 is 0 Å². The molecule has 1 aliphatic heterocycles. The van der Waals surface area contributed by atoms with Crippen molar-refractivity contribution in [3.63, 3.8) is 0 Å². The highest BCUT2D eigenvalue weighted by Crippen LogP contribution is 2.30. The minimum atomic E-state index is -3.13. The molecule has 0 bridgehead atoms. The monoisotopic (exact) mass is 181 g/mol. The van der Waals surface area contributed by atoms with Crippen molar-refractivity contribution in [1.82, 2.24) is 4.90 Å². The van der Waals surface area contributed by atoms with Crippen LogP contribution in [-0.2, 0) is 0 Å². The van der Waals surface area contributed by atoms with E-state index in [0.29, 0.717) is 12.5 Å². The minimum absolute atomic E-state index is 0.120. The first-order valence-electron chi connectivity index (χ1n) is 4.16. The van der Waals surface area contributed by atoms with Crippen molar-refractivity contribution in [2.24, 2.45) is 5.92 Å². The van der Waals surface area contributed by atoms with E-state index in [1.165, 1.54) is 4.90 Å². The predicted octanol–water partition coefficient (Wildman–Crippen LogP) is 1.93. The van der Waals surface area contributed by atoms with Crippen LogP contribution in [0.1, 0.15) is 13.8 Å². The number of rotatable bonds is 2. The summed E-state index contributed by atoms with van der Waals surface area (Å²) in [4.78, 5) is 1.48. The molecule has 1 unspecified atom stereocenters. The van der Waals surface area contributed by atoms with Crippen LogP contribution in [0.25, 0.3) is 0 Å². The summed E-state index contributed by atoms with van der Waals surface area (Å²) in [6.45, 7) is 3.88. The third kappa shape index (κ3) is 2.12. The van der Waals surface area contributed by atoms with Gasteiger partial charge in [0, 0.05) is 13.1 Å². The summed E-state index contributed by atoms with van der Waals surface area (Å²) in [5, 5.41) is 0. The molecular weight excluding hydrogens is 167 g/mol. The van der Waals surface area contributed by atoms with Gasteiger partial charge in [0.1, 0.15) is 0 Å². The van der Waals surface area contributed by atoms with Gasteiger partial charge in [0.25, 0.3) is 5.92 Å². The van der Waals surface area contributed by atoms with E-state index in [4.69, 9.17) is 0 Å². The number of hydrogen-bond acceptors (Lipinski definition) is 1. The number of likely N-dealkylation sites (tertiary alicyclic amines) is 1. The van der Waals surface area contributed by atoms with E-state index in [0.717, 1.165) is 0 Å². The average molecular weight is 181 g/mol. The maximum absolute atomic E-state index is 12.6. The molecule has 1 fully saturated rings. The Morgan fingerprint density at radius 1 is 1.50 bits per heavy atom. The number of alkyl halides is 3. The predicted molar refractivity (Wildman–Crippen MR) is 41.1 cm³/mol. The molecule has 1 rings (SSSR count). The van der Waals surface area contributed by atoms with Crippen LogP contribution >= 0.6 is 0 Å². The summed E-state index contributed by atoms with van der Waals surface area (Å²) in [6.07, 6.45) is -1.98. The van der Waals surface area contributed by atoms with Crippen molar-refractivity contribution in [2.75, 3.05) is 19.6 Å². The second kappa shape index (κ2) is 3.24. The van der Waals surface area contributed by atoms with Crippen LogP contribution < -0.4 is 0 Å². The van der Waals surface area contributed by atoms with E-state index in [9.17, 15) is 13.2 Å². The van der Waals surface area contributed by atoms with Gasteiger partial charge >= 0.3 is 0 Å². The van der Waals surface area contributed by atoms with Crippen molar-refractivity contribution in [2.45, 2.75) is 25.9 Å². The molecule has 0 spiro atoms. The standard InChI is InChI=1S/C8H14F3N/c1-6(2)3-12-4-7(9)8(10,11)5-12/h6-7H,3-5H2,1-2H3. The molecule has 12 heavy (non-hydrogen) atoms. The molecule has 1 saturated heterocycles. The molecule has 1 atom stereocenters. The van der Waals surface area contributed by atoms with Gasteiger partial charge in [-0.1, -0.05) is 13.8 Å². The lowest BCUT2D eigenvalue weighted by Crippen LogP contribution is -2.29. The Balaban J connectivity index is 2.44. The Hall–Kier alpha value is -0.250. The van der Waals surface area contributed by atoms with Gasteiger partial charge in [-0.3, -0.25) is 4.90 Å². The maximum atomic E-state index is 12.6. The Morgan fingerprint density at radius 2 is 2.08 bits per heavy atom. The van der Waals surface area contributed by atoms with Gasteiger partial charge in [0.15, 0.2) is 6.17 Å². The summed E-state index contributed by atoms with van der Waals surface area (Å²) in [5.41, 5.74) is 0. The molecule has 1 heterocycles. The fourth-order valence-corrected chi connectivity index (χ4v) is 1.48. The Bertz CT molecular complexity index is 158. The zero-order valence-electron chi connectivity index (χ0n) is 7.36. The lowest BCUT2D eigenvalue weighted by atomic mass is 10.2. The topological polar surface area (TPSA) is 3.24 Å². The van der Waals surface area contributed by atoms with E-state index >= 15 is 0 Å². The molecule has 1 nitrogen and oxygen atoms in total. The second-order valence-electron chi connectivity index (χ2n) is 3.82. The summed E-state index contributed by atoms with van der Waals surface area (Å²) in [6, 6.07) is 0. The Morgan fingerprint density at radius 3 is 2.42 bits per heavy atom. The highest BCUT2D eigenvalue weighted by Gasteiger charge is 2.48. The van der Waals surface area contributed by atoms with Gasteiger partial charge in [-0.25, -0.2) is 13.2 Å². The fourth-order valence-electron chi connectivity index (χ4n) is 1.48. The average Bonchev–Trinajstić information content (AvgIpc) is 2.04. The molecular formula is C8H14F3N. The molecule has 0 N–H and O–H groups in total. The van der Waals surface area contributed by atoms with Crippen molar-refractivity contribution >= 4 is 0 Å². The highest BCUT2D eigenvalue weighted by atomic mass is 19.3. The summed E-state index contributed by atoms with van der Waals surface area (Å²) in [5.74, 6) is -2.82. The zero-order chi connectivity index (χ0) is 9.35. The SMILES string of the molecule is CC(C)CN1CC(F)C(F)(F)C1. The van der Waals surface area contributed by atoms with Crippen LogP contribution in [0.4, 0.5) is 13.2 Å². The van der Waals surface area contributed by atoms with Gasteiger partial charge in [-0.15, -0.1) is 0 Å². The highest BCUT2D eigenvalue weighted by molar-refractivity contribution is 4.90. The summed E-state index contributed by atoms with van der Waals surface area (Å²) < 4.78 is 37.9. The van der Waals surface area contributed by atoms with E-state index in [-0.39, 0.29) is 6.54 Å². The van der Waals surface area contributed by atoms with Crippen LogP contribution in [0, 0.1) is 5.92 Å². The van der Waals surface area contributed by atoms with E-state index < -0.39 is 18.6 Å². The van der Waals surface area contributed by atoms with Gasteiger partial charge in [0.05, 0.1) is 6.54 Å². The first-order valence-corrected chi connectivity index (χ1v) is 4.16. The van der Waals surface area contributed by atoms with Crippen molar-refractivity contribution < 1.29 is 13.2 Å². The molecule has 1 aliphatic rings. The first-order chi connectivity index (χ1) is 5.42. The van der Waals surface area contributed by atoms with Crippen molar-refractivity contribution in [3.05, 3.63) is 0 Å². The lowest BCUT2D eigenvalue weighted by molar-refractivity contribution is -0.0397. The molecule has 0 amide bonds. The normalized spacial score (nSPS) is 30.0. The van der Waals surface area contributed by atoms with Gasteiger partial charge in [0.2, 0.25) is 0 Å². The quantitative estimate of drug-likeness (QED) is 0.629. The van der Waals surface area contributed by atoms with Crippen LogP contribution in [0.3, 0.4) is 0 Å². The lowest BCUT2D eigenvalue weighted by Gasteiger charge is -2.16. The molecule has 0 radical (unpaired) electrons. The number of hydrogen-bond donors (Lipinski definition) is 0. The molecule has 0 aromatic rings. The number of halogens is 3.